The lowest BCUT2D eigenvalue weighted by molar-refractivity contribution is -0.138. The molecule has 2 aromatic rings. The highest BCUT2D eigenvalue weighted by molar-refractivity contribution is 5.81. The molecule has 7 heteroatoms. The molecule has 2 N–H and O–H groups in total. The Hall–Kier alpha value is -2.70. The molecule has 1 unspecified atom stereocenters. The Morgan fingerprint density at radius 2 is 1.96 bits per heavy atom. The minimum absolute atomic E-state index is 0.0664. The fraction of sp³-hybridized carbons (Fsp3) is 0.312. The van der Waals surface area contributed by atoms with Gasteiger partial charge >= 0.3 is 5.97 Å². The summed E-state index contributed by atoms with van der Waals surface area (Å²) in [7, 11) is 0. The average molecular weight is 320 g/mol. The molecule has 0 bridgehead atoms. The van der Waals surface area contributed by atoms with Gasteiger partial charge < -0.3 is 14.9 Å². The molecule has 23 heavy (non-hydrogen) atoms. The minimum atomic E-state index is -1.09. The van der Waals surface area contributed by atoms with Crippen molar-refractivity contribution in [1.82, 2.24) is 10.5 Å². The van der Waals surface area contributed by atoms with Gasteiger partial charge in [0.1, 0.15) is 11.6 Å². The first-order valence-electron chi connectivity index (χ1n) is 7.05. The number of aromatic nitrogens is 1. The van der Waals surface area contributed by atoms with Crippen LogP contribution in [0.5, 0.6) is 0 Å². The molecular formula is C16H17FN2O4. The Bertz CT molecular complexity index is 690. The van der Waals surface area contributed by atoms with Crippen molar-refractivity contribution in [3.8, 4) is 0 Å². The van der Waals surface area contributed by atoms with Crippen molar-refractivity contribution in [2.75, 3.05) is 6.54 Å². The standard InChI is InChI=1S/C16H17FN2O4/c1-9-13(10(2)23-19-9)7-15(20)18-8-14(16(21)22)11-3-5-12(17)6-4-11/h3-6,14H,7-8H2,1-2H3,(H,18,20)(H,21,22). The van der Waals surface area contributed by atoms with Crippen molar-refractivity contribution >= 4 is 11.9 Å². The zero-order valence-electron chi connectivity index (χ0n) is 12.8. The third-order valence-corrected chi connectivity index (χ3v) is 3.59. The molecule has 0 fully saturated rings. The Morgan fingerprint density at radius 3 is 2.48 bits per heavy atom. The third kappa shape index (κ3) is 4.15. The second kappa shape index (κ2) is 7.04. The van der Waals surface area contributed by atoms with E-state index in [2.05, 4.69) is 10.5 Å². The van der Waals surface area contributed by atoms with Gasteiger partial charge in [-0.3, -0.25) is 9.59 Å². The van der Waals surface area contributed by atoms with E-state index < -0.39 is 17.7 Å². The Balaban J connectivity index is 2.00. The molecule has 0 aliphatic heterocycles. The first kappa shape index (κ1) is 16.7. The van der Waals surface area contributed by atoms with Gasteiger partial charge in [-0.15, -0.1) is 0 Å². The van der Waals surface area contributed by atoms with Crippen molar-refractivity contribution in [3.63, 3.8) is 0 Å². The molecule has 1 amide bonds. The van der Waals surface area contributed by atoms with Crippen LogP contribution >= 0.6 is 0 Å². The van der Waals surface area contributed by atoms with E-state index in [9.17, 15) is 19.1 Å². The number of halogens is 1. The maximum atomic E-state index is 12.9. The van der Waals surface area contributed by atoms with Gasteiger partial charge in [-0.05, 0) is 31.5 Å². The summed E-state index contributed by atoms with van der Waals surface area (Å²) in [6.45, 7) is 3.36. The normalized spacial score (nSPS) is 12.0. The number of carboxylic acids is 1. The minimum Gasteiger partial charge on any atom is -0.481 e. The number of nitrogens with zero attached hydrogens (tertiary/aromatic N) is 1. The van der Waals surface area contributed by atoms with Crippen LogP contribution in [0.25, 0.3) is 0 Å². The van der Waals surface area contributed by atoms with Crippen LogP contribution < -0.4 is 5.32 Å². The topological polar surface area (TPSA) is 92.4 Å². The highest BCUT2D eigenvalue weighted by atomic mass is 19.1. The largest absolute Gasteiger partial charge is 0.481 e. The number of benzene rings is 1. The Morgan fingerprint density at radius 1 is 1.30 bits per heavy atom. The van der Waals surface area contributed by atoms with Gasteiger partial charge in [0.2, 0.25) is 5.91 Å². The lowest BCUT2D eigenvalue weighted by Gasteiger charge is -2.14. The molecule has 0 saturated carbocycles. The number of carbonyl (C=O) groups is 2. The van der Waals surface area contributed by atoms with Crippen LogP contribution in [0.4, 0.5) is 4.39 Å². The number of carbonyl (C=O) groups excluding carboxylic acids is 1. The summed E-state index contributed by atoms with van der Waals surface area (Å²) in [5.41, 5.74) is 1.75. The number of nitrogens with one attached hydrogen (secondary N) is 1. The highest BCUT2D eigenvalue weighted by Crippen LogP contribution is 2.17. The van der Waals surface area contributed by atoms with E-state index in [0.717, 1.165) is 0 Å². The average Bonchev–Trinajstić information content (AvgIpc) is 2.81. The molecule has 1 aromatic heterocycles. The van der Waals surface area contributed by atoms with Crippen LogP contribution in [0.2, 0.25) is 0 Å². The van der Waals surface area contributed by atoms with E-state index >= 15 is 0 Å². The van der Waals surface area contributed by atoms with E-state index in [1.807, 2.05) is 0 Å². The highest BCUT2D eigenvalue weighted by Gasteiger charge is 2.21. The first-order valence-corrected chi connectivity index (χ1v) is 7.05. The van der Waals surface area contributed by atoms with Gasteiger partial charge in [0.25, 0.3) is 0 Å². The molecule has 0 aliphatic carbocycles. The number of rotatable bonds is 6. The monoisotopic (exact) mass is 320 g/mol. The van der Waals surface area contributed by atoms with Crippen molar-refractivity contribution < 1.29 is 23.6 Å². The number of hydrogen-bond acceptors (Lipinski definition) is 4. The van der Waals surface area contributed by atoms with E-state index in [1.54, 1.807) is 13.8 Å². The van der Waals surface area contributed by atoms with Gasteiger partial charge in [0.15, 0.2) is 0 Å². The molecular weight excluding hydrogens is 303 g/mol. The van der Waals surface area contributed by atoms with Gasteiger partial charge in [-0.1, -0.05) is 17.3 Å². The van der Waals surface area contributed by atoms with Gasteiger partial charge in [0, 0.05) is 12.1 Å². The smallest absolute Gasteiger partial charge is 0.312 e. The molecule has 1 atom stereocenters. The van der Waals surface area contributed by atoms with Gasteiger partial charge in [-0.2, -0.15) is 0 Å². The first-order chi connectivity index (χ1) is 10.9. The van der Waals surface area contributed by atoms with Gasteiger partial charge in [-0.25, -0.2) is 4.39 Å². The van der Waals surface area contributed by atoms with Crippen molar-refractivity contribution in [2.24, 2.45) is 0 Å². The second-order valence-corrected chi connectivity index (χ2v) is 5.23. The zero-order valence-corrected chi connectivity index (χ0v) is 12.8. The summed E-state index contributed by atoms with van der Waals surface area (Å²) >= 11 is 0. The summed E-state index contributed by atoms with van der Waals surface area (Å²) in [4.78, 5) is 23.3. The molecule has 0 spiro atoms. The lowest BCUT2D eigenvalue weighted by atomic mass is 9.99. The Kier molecular flexibility index (Phi) is 5.10. The summed E-state index contributed by atoms with van der Waals surface area (Å²) < 4.78 is 17.9. The second-order valence-electron chi connectivity index (χ2n) is 5.23. The number of carboxylic acid groups (broad SMARTS) is 1. The summed E-state index contributed by atoms with van der Waals surface area (Å²) in [5.74, 6) is -2.24. The predicted octanol–water partition coefficient (Wildman–Crippen LogP) is 1.96. The van der Waals surface area contributed by atoms with Gasteiger partial charge in [0.05, 0.1) is 18.0 Å². The van der Waals surface area contributed by atoms with Crippen LogP contribution in [0, 0.1) is 19.7 Å². The zero-order chi connectivity index (χ0) is 17.0. The molecule has 122 valence electrons. The molecule has 1 aromatic carbocycles. The lowest BCUT2D eigenvalue weighted by Crippen LogP contribution is -2.32. The van der Waals surface area contributed by atoms with Crippen LogP contribution in [0.3, 0.4) is 0 Å². The molecule has 0 saturated heterocycles. The summed E-state index contributed by atoms with van der Waals surface area (Å²) in [6.07, 6.45) is 0.0664. The quantitative estimate of drug-likeness (QED) is 0.849. The molecule has 2 rings (SSSR count). The maximum absolute atomic E-state index is 12.9. The van der Waals surface area contributed by atoms with Crippen molar-refractivity contribution in [3.05, 3.63) is 52.7 Å². The van der Waals surface area contributed by atoms with Crippen molar-refractivity contribution in [2.45, 2.75) is 26.2 Å². The van der Waals surface area contributed by atoms with Crippen molar-refractivity contribution in [1.29, 1.82) is 0 Å². The summed E-state index contributed by atoms with van der Waals surface area (Å²) in [5, 5.41) is 15.6. The van der Waals surface area contributed by atoms with Crippen LogP contribution in [-0.4, -0.2) is 28.7 Å². The van der Waals surface area contributed by atoms with Crippen LogP contribution in [0.15, 0.2) is 28.8 Å². The fourth-order valence-corrected chi connectivity index (χ4v) is 2.24. The molecule has 1 heterocycles. The number of aryl methyl sites for hydroxylation is 2. The summed E-state index contributed by atoms with van der Waals surface area (Å²) in [6, 6.07) is 5.18. The van der Waals surface area contributed by atoms with E-state index in [1.165, 1.54) is 24.3 Å². The fourth-order valence-electron chi connectivity index (χ4n) is 2.24. The maximum Gasteiger partial charge on any atom is 0.312 e. The number of aliphatic carboxylic acids is 1. The predicted molar refractivity (Wildman–Crippen MR) is 79.5 cm³/mol. The third-order valence-electron chi connectivity index (χ3n) is 3.59. The molecule has 0 radical (unpaired) electrons. The van der Waals surface area contributed by atoms with E-state index in [-0.39, 0.29) is 18.9 Å². The van der Waals surface area contributed by atoms with Crippen LogP contribution in [-0.2, 0) is 16.0 Å². The number of hydrogen-bond donors (Lipinski definition) is 2. The Labute approximate surface area is 132 Å². The SMILES string of the molecule is Cc1noc(C)c1CC(=O)NCC(C(=O)O)c1ccc(F)cc1. The molecule has 6 nitrogen and oxygen atoms in total. The molecule has 0 aliphatic rings. The van der Waals surface area contributed by atoms with Crippen LogP contribution in [0.1, 0.15) is 28.5 Å². The number of amides is 1. The van der Waals surface area contributed by atoms with E-state index in [4.69, 9.17) is 4.52 Å². The van der Waals surface area contributed by atoms with E-state index in [0.29, 0.717) is 22.6 Å².